The number of pyridine rings is 1. The van der Waals surface area contributed by atoms with Crippen LogP contribution in [0.5, 0.6) is 5.75 Å². The Morgan fingerprint density at radius 1 is 1.15 bits per heavy atom. The van der Waals surface area contributed by atoms with E-state index in [1.807, 2.05) is 0 Å². The minimum Gasteiger partial charge on any atom is -0.488 e. The number of hydrogen-bond donors (Lipinski definition) is 2. The van der Waals surface area contributed by atoms with E-state index in [1.165, 1.54) is 12.3 Å². The standard InChI is InChI=1S/C18H17F2N3O3S/c1-11(2)26-18-9-13(19)16(8-14(18)20)23-27(24,25)12-7-17(22-10-12)15-5-3-4-6-21-15/h3-11,22-23H,1-2H3. The highest BCUT2D eigenvalue weighted by molar-refractivity contribution is 7.92. The molecule has 2 heterocycles. The van der Waals surface area contributed by atoms with Gasteiger partial charge in [0.15, 0.2) is 17.4 Å². The second-order valence-electron chi connectivity index (χ2n) is 6.00. The van der Waals surface area contributed by atoms with Gasteiger partial charge in [-0.25, -0.2) is 17.2 Å². The molecule has 0 fully saturated rings. The quantitative estimate of drug-likeness (QED) is 0.664. The van der Waals surface area contributed by atoms with Gasteiger partial charge in [0.1, 0.15) is 4.90 Å². The van der Waals surface area contributed by atoms with Crippen molar-refractivity contribution in [2.24, 2.45) is 0 Å². The van der Waals surface area contributed by atoms with E-state index in [0.29, 0.717) is 11.4 Å². The lowest BCUT2D eigenvalue weighted by Gasteiger charge is -2.13. The normalized spacial score (nSPS) is 11.6. The number of aromatic amines is 1. The molecule has 2 N–H and O–H groups in total. The van der Waals surface area contributed by atoms with Gasteiger partial charge in [-0.15, -0.1) is 0 Å². The third-order valence-electron chi connectivity index (χ3n) is 3.54. The van der Waals surface area contributed by atoms with Crippen LogP contribution in [0.3, 0.4) is 0 Å². The summed E-state index contributed by atoms with van der Waals surface area (Å²) in [4.78, 5) is 6.78. The van der Waals surface area contributed by atoms with E-state index in [-0.39, 0.29) is 16.7 Å². The number of ether oxygens (including phenoxy) is 1. The fourth-order valence-electron chi connectivity index (χ4n) is 2.35. The van der Waals surface area contributed by atoms with Crippen LogP contribution in [-0.4, -0.2) is 24.5 Å². The lowest BCUT2D eigenvalue weighted by Crippen LogP contribution is -2.14. The van der Waals surface area contributed by atoms with Gasteiger partial charge in [-0.2, -0.15) is 0 Å². The molecule has 0 radical (unpaired) electrons. The Kier molecular flexibility index (Phi) is 5.13. The van der Waals surface area contributed by atoms with Crippen LogP contribution in [0, 0.1) is 11.6 Å². The summed E-state index contributed by atoms with van der Waals surface area (Å²) in [5, 5.41) is 0. The average molecular weight is 393 g/mol. The van der Waals surface area contributed by atoms with E-state index in [2.05, 4.69) is 14.7 Å². The summed E-state index contributed by atoms with van der Waals surface area (Å²) in [7, 11) is -4.13. The summed E-state index contributed by atoms with van der Waals surface area (Å²) in [6.07, 6.45) is 2.46. The molecule has 27 heavy (non-hydrogen) atoms. The van der Waals surface area contributed by atoms with Gasteiger partial charge in [-0.3, -0.25) is 9.71 Å². The van der Waals surface area contributed by atoms with Gasteiger partial charge in [-0.05, 0) is 32.0 Å². The van der Waals surface area contributed by atoms with Crippen LogP contribution >= 0.6 is 0 Å². The molecule has 142 valence electrons. The largest absolute Gasteiger partial charge is 0.488 e. The molecule has 1 aromatic carbocycles. The third-order valence-corrected chi connectivity index (χ3v) is 4.88. The maximum atomic E-state index is 14.2. The molecule has 0 bridgehead atoms. The minimum atomic E-state index is -4.13. The van der Waals surface area contributed by atoms with Crippen molar-refractivity contribution in [3.05, 3.63) is 60.4 Å². The number of anilines is 1. The van der Waals surface area contributed by atoms with Crippen molar-refractivity contribution in [1.29, 1.82) is 0 Å². The van der Waals surface area contributed by atoms with E-state index in [4.69, 9.17) is 4.74 Å². The van der Waals surface area contributed by atoms with Gasteiger partial charge in [0, 0.05) is 24.5 Å². The van der Waals surface area contributed by atoms with Crippen LogP contribution in [-0.2, 0) is 10.0 Å². The van der Waals surface area contributed by atoms with Crippen LogP contribution in [0.15, 0.2) is 53.7 Å². The number of H-pyrrole nitrogens is 1. The van der Waals surface area contributed by atoms with Crippen molar-refractivity contribution in [2.75, 3.05) is 4.72 Å². The van der Waals surface area contributed by atoms with Gasteiger partial charge >= 0.3 is 0 Å². The number of halogens is 2. The molecule has 6 nitrogen and oxygen atoms in total. The Hall–Kier alpha value is -2.94. The highest BCUT2D eigenvalue weighted by atomic mass is 32.2. The van der Waals surface area contributed by atoms with Gasteiger partial charge in [0.05, 0.1) is 23.2 Å². The number of nitrogens with zero attached hydrogens (tertiary/aromatic N) is 1. The molecule has 0 aliphatic carbocycles. The van der Waals surface area contributed by atoms with Gasteiger partial charge in [0.25, 0.3) is 10.0 Å². The van der Waals surface area contributed by atoms with Crippen LogP contribution in [0.4, 0.5) is 14.5 Å². The maximum absolute atomic E-state index is 14.2. The average Bonchev–Trinajstić information content (AvgIpc) is 3.10. The SMILES string of the molecule is CC(C)Oc1cc(F)c(NS(=O)(=O)c2c[nH]c(-c3ccccn3)c2)cc1F. The summed E-state index contributed by atoms with van der Waals surface area (Å²) in [6, 6.07) is 8.11. The highest BCUT2D eigenvalue weighted by Crippen LogP contribution is 2.28. The summed E-state index contributed by atoms with van der Waals surface area (Å²) < 4.78 is 60.5. The summed E-state index contributed by atoms with van der Waals surface area (Å²) in [5.41, 5.74) is 0.513. The lowest BCUT2D eigenvalue weighted by atomic mass is 10.3. The zero-order valence-electron chi connectivity index (χ0n) is 14.5. The molecule has 0 saturated heterocycles. The molecule has 0 spiro atoms. The van der Waals surface area contributed by atoms with E-state index < -0.39 is 27.3 Å². The van der Waals surface area contributed by atoms with E-state index in [9.17, 15) is 17.2 Å². The van der Waals surface area contributed by atoms with Crippen molar-refractivity contribution in [3.8, 4) is 17.1 Å². The molecule has 0 atom stereocenters. The summed E-state index contributed by atoms with van der Waals surface area (Å²) in [6.45, 7) is 3.33. The second-order valence-corrected chi connectivity index (χ2v) is 7.68. The van der Waals surface area contributed by atoms with Gasteiger partial charge in [0.2, 0.25) is 0 Å². The Morgan fingerprint density at radius 3 is 2.59 bits per heavy atom. The van der Waals surface area contributed by atoms with Gasteiger partial charge < -0.3 is 9.72 Å². The predicted octanol–water partition coefficient (Wildman–Crippen LogP) is 3.94. The van der Waals surface area contributed by atoms with Crippen LogP contribution < -0.4 is 9.46 Å². The second kappa shape index (κ2) is 7.36. The molecule has 0 unspecified atom stereocenters. The number of aromatic nitrogens is 2. The number of benzene rings is 1. The minimum absolute atomic E-state index is 0.134. The lowest BCUT2D eigenvalue weighted by molar-refractivity contribution is 0.230. The van der Waals surface area contributed by atoms with Gasteiger partial charge in [-0.1, -0.05) is 6.07 Å². The molecule has 9 heteroatoms. The Labute approximate surface area is 155 Å². The van der Waals surface area contributed by atoms with Crippen molar-refractivity contribution < 1.29 is 21.9 Å². The molecular weight excluding hydrogens is 376 g/mol. The Bertz CT molecular complexity index is 1050. The maximum Gasteiger partial charge on any atom is 0.263 e. The number of sulfonamides is 1. The van der Waals surface area contributed by atoms with E-state index in [1.54, 1.807) is 38.2 Å². The molecule has 0 amide bonds. The van der Waals surface area contributed by atoms with Crippen LogP contribution in [0.25, 0.3) is 11.4 Å². The molecule has 0 saturated carbocycles. The molecule has 0 aliphatic rings. The van der Waals surface area contributed by atoms with Crippen molar-refractivity contribution in [3.63, 3.8) is 0 Å². The van der Waals surface area contributed by atoms with Crippen molar-refractivity contribution >= 4 is 15.7 Å². The van der Waals surface area contributed by atoms with Crippen molar-refractivity contribution in [1.82, 2.24) is 9.97 Å². The monoisotopic (exact) mass is 393 g/mol. The topological polar surface area (TPSA) is 84.1 Å². The van der Waals surface area contributed by atoms with E-state index in [0.717, 1.165) is 12.1 Å². The molecule has 3 aromatic rings. The fraction of sp³-hybridized carbons (Fsp3) is 0.167. The molecule has 3 rings (SSSR count). The first-order valence-electron chi connectivity index (χ1n) is 8.04. The smallest absolute Gasteiger partial charge is 0.263 e. The molecular formula is C18H17F2N3O3S. The zero-order chi connectivity index (χ0) is 19.6. The third kappa shape index (κ3) is 4.25. The Balaban J connectivity index is 1.87. The first-order chi connectivity index (χ1) is 12.8. The highest BCUT2D eigenvalue weighted by Gasteiger charge is 2.21. The summed E-state index contributed by atoms with van der Waals surface area (Å²) in [5.74, 6) is -2.10. The number of rotatable bonds is 6. The van der Waals surface area contributed by atoms with Crippen LogP contribution in [0.2, 0.25) is 0 Å². The zero-order valence-corrected chi connectivity index (χ0v) is 15.3. The summed E-state index contributed by atoms with van der Waals surface area (Å²) >= 11 is 0. The number of hydrogen-bond acceptors (Lipinski definition) is 4. The predicted molar refractivity (Wildman–Crippen MR) is 97.0 cm³/mol. The fourth-order valence-corrected chi connectivity index (χ4v) is 3.41. The first-order valence-corrected chi connectivity index (χ1v) is 9.53. The van der Waals surface area contributed by atoms with Crippen molar-refractivity contribution in [2.45, 2.75) is 24.8 Å². The van der Waals surface area contributed by atoms with E-state index >= 15 is 0 Å². The molecule has 0 aliphatic heterocycles. The number of nitrogens with one attached hydrogen (secondary N) is 2. The molecule has 2 aromatic heterocycles. The first kappa shape index (κ1) is 18.8. The Morgan fingerprint density at radius 2 is 1.93 bits per heavy atom. The van der Waals surface area contributed by atoms with Crippen LogP contribution in [0.1, 0.15) is 13.8 Å².